The first-order valence-electron chi connectivity index (χ1n) is 3.04. The molecule has 0 aliphatic rings. The molecule has 1 aromatic carbocycles. The molecular formula is C7H9ClN3+. The number of rotatable bonds is 1. The molecule has 0 amide bonds. The highest BCUT2D eigenvalue weighted by Gasteiger charge is 2.02. The molecule has 0 aliphatic carbocycles. The Balaban J connectivity index is 3.19. The highest BCUT2D eigenvalue weighted by atomic mass is 35.5. The molecule has 0 fully saturated rings. The quantitative estimate of drug-likeness (QED) is 0.299. The zero-order valence-electron chi connectivity index (χ0n) is 5.84. The van der Waals surface area contributed by atoms with Gasteiger partial charge in [-0.25, -0.2) is 0 Å². The van der Waals surface area contributed by atoms with Crippen LogP contribution in [0.4, 0.5) is 5.69 Å². The van der Waals surface area contributed by atoms with Crippen molar-refractivity contribution >= 4 is 23.1 Å². The lowest BCUT2D eigenvalue weighted by atomic mass is 10.2. The lowest BCUT2D eigenvalue weighted by molar-refractivity contribution is -0.114. The molecule has 6 N–H and O–H groups in total. The van der Waals surface area contributed by atoms with Crippen molar-refractivity contribution in [3.63, 3.8) is 0 Å². The Labute approximate surface area is 69.5 Å². The molecule has 0 heterocycles. The van der Waals surface area contributed by atoms with Gasteiger partial charge in [-0.3, -0.25) is 11.1 Å². The molecule has 0 aromatic heterocycles. The van der Waals surface area contributed by atoms with Crippen LogP contribution < -0.4 is 16.9 Å². The van der Waals surface area contributed by atoms with Crippen LogP contribution in [0.2, 0.25) is 5.02 Å². The van der Waals surface area contributed by atoms with Crippen molar-refractivity contribution in [1.29, 1.82) is 0 Å². The summed E-state index contributed by atoms with van der Waals surface area (Å²) in [5.41, 5.74) is 12.0. The molecule has 0 unspecified atom stereocenters. The van der Waals surface area contributed by atoms with E-state index in [-0.39, 0.29) is 5.84 Å². The van der Waals surface area contributed by atoms with Gasteiger partial charge in [0.2, 0.25) is 0 Å². The van der Waals surface area contributed by atoms with Crippen LogP contribution in [0.15, 0.2) is 18.2 Å². The number of halogens is 1. The third-order valence-corrected chi connectivity index (χ3v) is 1.47. The summed E-state index contributed by atoms with van der Waals surface area (Å²) < 4.78 is 0. The minimum absolute atomic E-state index is 0.221. The van der Waals surface area contributed by atoms with E-state index in [9.17, 15) is 0 Å². The van der Waals surface area contributed by atoms with Crippen LogP contribution in [0, 0.1) is 0 Å². The smallest absolute Gasteiger partial charge is 0.270 e. The molecule has 4 heteroatoms. The van der Waals surface area contributed by atoms with Crippen molar-refractivity contribution in [3.8, 4) is 0 Å². The summed E-state index contributed by atoms with van der Waals surface area (Å²) in [6.45, 7) is 0. The van der Waals surface area contributed by atoms with E-state index >= 15 is 0 Å². The zero-order chi connectivity index (χ0) is 8.43. The van der Waals surface area contributed by atoms with Crippen LogP contribution >= 0.6 is 11.6 Å². The van der Waals surface area contributed by atoms with Gasteiger partial charge >= 0.3 is 0 Å². The average molecular weight is 171 g/mol. The van der Waals surface area contributed by atoms with Crippen LogP contribution in [0.25, 0.3) is 0 Å². The fourth-order valence-electron chi connectivity index (χ4n) is 0.779. The second-order valence-electron chi connectivity index (χ2n) is 2.23. The van der Waals surface area contributed by atoms with Gasteiger partial charge in [-0.05, 0) is 18.2 Å². The van der Waals surface area contributed by atoms with Crippen LogP contribution in [0.5, 0.6) is 0 Å². The molecule has 0 aliphatic heterocycles. The molecular weight excluding hydrogens is 162 g/mol. The highest BCUT2D eigenvalue weighted by molar-refractivity contribution is 6.31. The summed E-state index contributed by atoms with van der Waals surface area (Å²) >= 11 is 5.69. The first-order chi connectivity index (χ1) is 5.09. The standard InChI is InChI=1S/C7H8ClN3/c8-5-1-4(7(10)11)2-6(9)3-5/h1-3H,9H2,(H3,10,11)/p+1. The SMILES string of the molecule is NC(=[NH2+])c1cc(N)cc(Cl)c1. The molecule has 1 aromatic rings. The predicted octanol–water partition coefficient (Wildman–Crippen LogP) is -0.613. The molecule has 0 saturated heterocycles. The molecule has 11 heavy (non-hydrogen) atoms. The maximum absolute atomic E-state index is 5.69. The van der Waals surface area contributed by atoms with Gasteiger partial charge in [0, 0.05) is 10.7 Å². The summed E-state index contributed by atoms with van der Waals surface area (Å²) in [6, 6.07) is 4.96. The lowest BCUT2D eigenvalue weighted by Crippen LogP contribution is -2.46. The first kappa shape index (κ1) is 7.88. The van der Waals surface area contributed by atoms with Crippen molar-refractivity contribution in [2.45, 2.75) is 0 Å². The topological polar surface area (TPSA) is 77.6 Å². The van der Waals surface area contributed by atoms with Gasteiger partial charge in [0.05, 0.1) is 5.56 Å². The summed E-state index contributed by atoms with van der Waals surface area (Å²) in [5, 5.41) is 5.87. The Morgan fingerprint density at radius 3 is 2.45 bits per heavy atom. The van der Waals surface area contributed by atoms with Gasteiger partial charge in [0.25, 0.3) is 5.84 Å². The summed E-state index contributed by atoms with van der Waals surface area (Å²) in [5.74, 6) is 0.221. The largest absolute Gasteiger partial charge is 0.399 e. The van der Waals surface area contributed by atoms with Gasteiger partial charge in [0.1, 0.15) is 0 Å². The molecule has 0 spiro atoms. The highest BCUT2D eigenvalue weighted by Crippen LogP contribution is 2.15. The van der Waals surface area contributed by atoms with E-state index in [0.717, 1.165) is 0 Å². The summed E-state index contributed by atoms with van der Waals surface area (Å²) in [4.78, 5) is 0. The fourth-order valence-corrected chi connectivity index (χ4v) is 1.02. The number of nitrogen functional groups attached to an aromatic ring is 1. The molecule has 58 valence electrons. The van der Waals surface area contributed by atoms with E-state index in [1.54, 1.807) is 18.2 Å². The van der Waals surface area contributed by atoms with Crippen LogP contribution in [-0.4, -0.2) is 5.84 Å². The molecule has 0 radical (unpaired) electrons. The first-order valence-corrected chi connectivity index (χ1v) is 3.42. The van der Waals surface area contributed by atoms with E-state index in [0.29, 0.717) is 16.3 Å². The number of benzene rings is 1. The van der Waals surface area contributed by atoms with Gasteiger partial charge in [-0.15, -0.1) is 0 Å². The third-order valence-electron chi connectivity index (χ3n) is 1.25. The Hall–Kier alpha value is -1.22. The monoisotopic (exact) mass is 170 g/mol. The fraction of sp³-hybridized carbons (Fsp3) is 0. The van der Waals surface area contributed by atoms with Crippen molar-refractivity contribution < 1.29 is 5.41 Å². The van der Waals surface area contributed by atoms with E-state index in [4.69, 9.17) is 28.5 Å². The number of anilines is 1. The van der Waals surface area contributed by atoms with Crippen LogP contribution in [0.3, 0.4) is 0 Å². The maximum Gasteiger partial charge on any atom is 0.270 e. The van der Waals surface area contributed by atoms with Crippen LogP contribution in [-0.2, 0) is 0 Å². The number of amidine groups is 1. The Kier molecular flexibility index (Phi) is 2.01. The Morgan fingerprint density at radius 2 is 2.00 bits per heavy atom. The molecule has 3 nitrogen and oxygen atoms in total. The van der Waals surface area contributed by atoms with Gasteiger partial charge < -0.3 is 5.73 Å². The predicted molar refractivity (Wildman–Crippen MR) is 46.1 cm³/mol. The lowest BCUT2D eigenvalue weighted by Gasteiger charge is -1.97. The Morgan fingerprint density at radius 1 is 1.36 bits per heavy atom. The minimum Gasteiger partial charge on any atom is -0.399 e. The van der Waals surface area contributed by atoms with E-state index in [1.807, 2.05) is 0 Å². The van der Waals surface area contributed by atoms with Gasteiger partial charge in [-0.1, -0.05) is 11.6 Å². The molecule has 0 saturated carbocycles. The van der Waals surface area contributed by atoms with Crippen LogP contribution in [0.1, 0.15) is 5.56 Å². The van der Waals surface area contributed by atoms with Crippen molar-refractivity contribution in [3.05, 3.63) is 28.8 Å². The van der Waals surface area contributed by atoms with E-state index in [2.05, 4.69) is 0 Å². The van der Waals surface area contributed by atoms with Crippen molar-refractivity contribution in [2.24, 2.45) is 5.73 Å². The molecule has 0 bridgehead atoms. The number of nitrogens with two attached hydrogens (primary N) is 3. The normalized spacial score (nSPS) is 9.55. The molecule has 0 atom stereocenters. The van der Waals surface area contributed by atoms with Crippen molar-refractivity contribution in [1.82, 2.24) is 0 Å². The second-order valence-corrected chi connectivity index (χ2v) is 2.67. The Bertz CT molecular complexity index is 275. The number of hydrogen-bond acceptors (Lipinski definition) is 1. The van der Waals surface area contributed by atoms with Gasteiger partial charge in [0.15, 0.2) is 0 Å². The summed E-state index contributed by atoms with van der Waals surface area (Å²) in [7, 11) is 0. The van der Waals surface area contributed by atoms with Gasteiger partial charge in [-0.2, -0.15) is 0 Å². The van der Waals surface area contributed by atoms with Crippen molar-refractivity contribution in [2.75, 3.05) is 5.73 Å². The van der Waals surface area contributed by atoms with E-state index in [1.165, 1.54) is 0 Å². The number of hydrogen-bond donors (Lipinski definition) is 3. The average Bonchev–Trinajstić information content (AvgIpc) is 1.85. The summed E-state index contributed by atoms with van der Waals surface area (Å²) in [6.07, 6.45) is 0. The second kappa shape index (κ2) is 2.80. The minimum atomic E-state index is 0.221. The third kappa shape index (κ3) is 1.85. The zero-order valence-corrected chi connectivity index (χ0v) is 6.60. The maximum atomic E-state index is 5.69. The van der Waals surface area contributed by atoms with E-state index < -0.39 is 0 Å². The molecule has 1 rings (SSSR count).